The van der Waals surface area contributed by atoms with E-state index in [1.165, 1.54) is 11.1 Å². The molecule has 0 aliphatic carbocycles. The maximum absolute atomic E-state index is 12.9. The van der Waals surface area contributed by atoms with Crippen molar-refractivity contribution >= 4 is 23.9 Å². The summed E-state index contributed by atoms with van der Waals surface area (Å²) < 4.78 is 54.7. The molecule has 0 fully saturated rings. The van der Waals surface area contributed by atoms with E-state index >= 15 is 0 Å². The number of rotatable bonds is 42. The fourth-order valence-corrected chi connectivity index (χ4v) is 6.25. The van der Waals surface area contributed by atoms with Crippen LogP contribution in [-0.2, 0) is 81.2 Å². The molecule has 0 saturated heterocycles. The normalized spacial score (nSPS) is 11.9. The van der Waals surface area contributed by atoms with E-state index in [0.717, 1.165) is 24.8 Å². The largest absolute Gasteiger partial charge is 0.458 e. The van der Waals surface area contributed by atoms with Crippen molar-refractivity contribution in [2.75, 3.05) is 119 Å². The Hall–Kier alpha value is -4.20. The number of hydrogen-bond donors (Lipinski definition) is 3. The highest BCUT2D eigenvalue weighted by Gasteiger charge is 2.26. The zero-order valence-corrected chi connectivity index (χ0v) is 41.7. The van der Waals surface area contributed by atoms with Crippen molar-refractivity contribution in [2.45, 2.75) is 104 Å². The molecule has 1 atom stereocenters. The first-order chi connectivity index (χ1) is 32.9. The van der Waals surface area contributed by atoms with Crippen LogP contribution in [0.2, 0.25) is 0 Å². The number of carbonyl (C=O) groups excluding carboxylic acids is 4. The Labute approximate surface area is 405 Å². The van der Waals surface area contributed by atoms with Crippen LogP contribution in [0, 0.1) is 5.92 Å². The van der Waals surface area contributed by atoms with Gasteiger partial charge < -0.3 is 63.3 Å². The molecule has 3 amide bonds. The summed E-state index contributed by atoms with van der Waals surface area (Å²) in [6, 6.07) is 17.3. The third-order valence-electron chi connectivity index (χ3n) is 9.61. The van der Waals surface area contributed by atoms with E-state index < -0.39 is 23.7 Å². The van der Waals surface area contributed by atoms with Crippen LogP contribution in [0.4, 0.5) is 4.79 Å². The van der Waals surface area contributed by atoms with Gasteiger partial charge in [0.2, 0.25) is 11.8 Å². The molecule has 17 nitrogen and oxygen atoms in total. The maximum atomic E-state index is 12.9. The molecule has 2 rings (SSSR count). The van der Waals surface area contributed by atoms with Gasteiger partial charge in [-0.25, -0.2) is 9.59 Å². The van der Waals surface area contributed by atoms with Gasteiger partial charge in [0, 0.05) is 25.9 Å². The van der Waals surface area contributed by atoms with E-state index in [9.17, 15) is 19.2 Å². The standard InChI is InChI=1S/C51H83N3O14/c1-42(2)40-44-19-17-43(18-20-44)14-11-16-47(55)52-22-10-9-15-46(49(57)68-51(3,4)5)54-48(56)21-24-59-26-28-61-30-32-63-34-36-65-38-39-66-37-35-64-33-31-62-29-27-60-25-23-53-50(58)67-41-45-12-7-6-8-13-45/h6-8,12-13,17-20,42,46H,9-11,14-16,21-41H2,1-5H3,(H,52,55)(H,53,58)(H,54,56). The lowest BCUT2D eigenvalue weighted by molar-refractivity contribution is -0.159. The molecule has 3 N–H and O–H groups in total. The summed E-state index contributed by atoms with van der Waals surface area (Å²) in [5.41, 5.74) is 2.81. The lowest BCUT2D eigenvalue weighted by Crippen LogP contribution is -2.44. The van der Waals surface area contributed by atoms with Crippen LogP contribution in [0.15, 0.2) is 54.6 Å². The van der Waals surface area contributed by atoms with Gasteiger partial charge in [0.1, 0.15) is 18.2 Å². The summed E-state index contributed by atoms with van der Waals surface area (Å²) in [7, 11) is 0. The van der Waals surface area contributed by atoms with Crippen molar-refractivity contribution in [1.29, 1.82) is 0 Å². The van der Waals surface area contributed by atoms with Crippen molar-refractivity contribution in [2.24, 2.45) is 5.92 Å². The minimum absolute atomic E-state index is 0.0141. The van der Waals surface area contributed by atoms with Gasteiger partial charge in [-0.1, -0.05) is 68.4 Å². The summed E-state index contributed by atoms with van der Waals surface area (Å²) in [5.74, 6) is -0.149. The van der Waals surface area contributed by atoms with Crippen LogP contribution in [0.25, 0.3) is 0 Å². The molecule has 2 aromatic rings. The van der Waals surface area contributed by atoms with Gasteiger partial charge in [0.15, 0.2) is 0 Å². The van der Waals surface area contributed by atoms with Crippen LogP contribution in [-0.4, -0.2) is 154 Å². The van der Waals surface area contributed by atoms with E-state index in [1.807, 2.05) is 30.3 Å². The van der Waals surface area contributed by atoms with Crippen LogP contribution in [0.3, 0.4) is 0 Å². The Morgan fingerprint density at radius 1 is 0.515 bits per heavy atom. The van der Waals surface area contributed by atoms with Crippen molar-refractivity contribution in [3.63, 3.8) is 0 Å². The molecule has 0 aromatic heterocycles. The Bertz CT molecular complexity index is 1580. The average molecular weight is 962 g/mol. The average Bonchev–Trinajstić information content (AvgIpc) is 3.30. The molecular weight excluding hydrogens is 879 g/mol. The number of carbonyl (C=O) groups is 4. The van der Waals surface area contributed by atoms with Crippen molar-refractivity contribution in [3.8, 4) is 0 Å². The third-order valence-corrected chi connectivity index (χ3v) is 9.61. The Kier molecular flexibility index (Phi) is 34.9. The number of benzene rings is 2. The molecule has 2 aromatic carbocycles. The smallest absolute Gasteiger partial charge is 0.407 e. The first-order valence-corrected chi connectivity index (χ1v) is 24.3. The summed E-state index contributed by atoms with van der Waals surface area (Å²) in [6.45, 7) is 17.3. The molecule has 0 bridgehead atoms. The van der Waals surface area contributed by atoms with Gasteiger partial charge in [-0.2, -0.15) is 0 Å². The molecule has 0 saturated carbocycles. The molecule has 0 heterocycles. The molecular formula is C51H83N3O14. The molecule has 0 spiro atoms. The first-order valence-electron chi connectivity index (χ1n) is 24.3. The lowest BCUT2D eigenvalue weighted by Gasteiger charge is -2.24. The molecule has 0 aliphatic heterocycles. The number of hydrogen-bond acceptors (Lipinski definition) is 14. The van der Waals surface area contributed by atoms with Crippen LogP contribution in [0.1, 0.15) is 89.8 Å². The second kappa shape index (κ2) is 39.6. The Balaban J connectivity index is 1.34. The highest BCUT2D eigenvalue weighted by atomic mass is 16.6. The van der Waals surface area contributed by atoms with Crippen molar-refractivity contribution in [1.82, 2.24) is 16.0 Å². The summed E-state index contributed by atoms with van der Waals surface area (Å²) >= 11 is 0. The van der Waals surface area contributed by atoms with Gasteiger partial charge in [-0.3, -0.25) is 9.59 Å². The second-order valence-corrected chi connectivity index (χ2v) is 17.4. The van der Waals surface area contributed by atoms with E-state index in [2.05, 4.69) is 54.1 Å². The number of aryl methyl sites for hydroxylation is 1. The third kappa shape index (κ3) is 35.9. The fourth-order valence-electron chi connectivity index (χ4n) is 6.25. The Morgan fingerprint density at radius 3 is 1.53 bits per heavy atom. The number of ether oxygens (including phenoxy) is 10. The van der Waals surface area contributed by atoms with Gasteiger partial charge in [0.25, 0.3) is 0 Å². The molecule has 1 unspecified atom stereocenters. The van der Waals surface area contributed by atoms with Gasteiger partial charge >= 0.3 is 12.1 Å². The second-order valence-electron chi connectivity index (χ2n) is 17.4. The van der Waals surface area contributed by atoms with Crippen LogP contribution < -0.4 is 16.0 Å². The summed E-state index contributed by atoms with van der Waals surface area (Å²) in [6.07, 6.45) is 4.47. The first kappa shape index (κ1) is 59.9. The molecule has 0 aliphatic rings. The van der Waals surface area contributed by atoms with E-state index in [1.54, 1.807) is 20.8 Å². The minimum atomic E-state index is -0.790. The lowest BCUT2D eigenvalue weighted by atomic mass is 10.00. The predicted octanol–water partition coefficient (Wildman–Crippen LogP) is 5.77. The van der Waals surface area contributed by atoms with E-state index in [4.69, 9.17) is 47.4 Å². The zero-order chi connectivity index (χ0) is 49.3. The number of amides is 3. The maximum Gasteiger partial charge on any atom is 0.407 e. The number of nitrogens with one attached hydrogen (secondary N) is 3. The number of alkyl carbamates (subject to hydrolysis) is 1. The zero-order valence-electron chi connectivity index (χ0n) is 41.7. The fraction of sp³-hybridized carbons (Fsp3) is 0.686. The highest BCUT2D eigenvalue weighted by molar-refractivity contribution is 5.84. The van der Waals surface area contributed by atoms with E-state index in [-0.39, 0.29) is 31.4 Å². The monoisotopic (exact) mass is 962 g/mol. The van der Waals surface area contributed by atoms with Crippen LogP contribution in [0.5, 0.6) is 0 Å². The van der Waals surface area contributed by atoms with E-state index in [0.29, 0.717) is 144 Å². The topological polar surface area (TPSA) is 197 Å². The summed E-state index contributed by atoms with van der Waals surface area (Å²) in [4.78, 5) is 49.7. The van der Waals surface area contributed by atoms with Gasteiger partial charge in [0.05, 0.1) is 106 Å². The molecule has 17 heteroatoms. The molecule has 0 radical (unpaired) electrons. The SMILES string of the molecule is CC(C)Cc1ccc(CCCC(=O)NCCCCC(NC(=O)CCOCCOCCOCCOCCOCCOCCOCCOCCNC(=O)OCc2ccccc2)C(=O)OC(C)(C)C)cc1. The molecule has 386 valence electrons. The Morgan fingerprint density at radius 2 is 1.01 bits per heavy atom. The van der Waals surface area contributed by atoms with Crippen molar-refractivity contribution in [3.05, 3.63) is 71.3 Å². The summed E-state index contributed by atoms with van der Waals surface area (Å²) in [5, 5.41) is 8.42. The van der Waals surface area contributed by atoms with Gasteiger partial charge in [-0.15, -0.1) is 0 Å². The van der Waals surface area contributed by atoms with Gasteiger partial charge in [-0.05, 0) is 81.9 Å². The quantitative estimate of drug-likeness (QED) is 0.0536. The highest BCUT2D eigenvalue weighted by Crippen LogP contribution is 2.13. The van der Waals surface area contributed by atoms with Crippen molar-refractivity contribution < 1.29 is 66.5 Å². The molecule has 68 heavy (non-hydrogen) atoms. The number of unbranched alkanes of at least 4 members (excludes halogenated alkanes) is 1. The minimum Gasteiger partial charge on any atom is -0.458 e. The van der Waals surface area contributed by atoms with Crippen LogP contribution >= 0.6 is 0 Å². The predicted molar refractivity (Wildman–Crippen MR) is 258 cm³/mol. The number of esters is 1.